The molecule has 2 fully saturated rings. The molecule has 4 nitrogen and oxygen atoms in total. The van der Waals surface area contributed by atoms with Crippen molar-refractivity contribution in [1.82, 2.24) is 4.90 Å². The number of aliphatic carboxylic acids is 1. The Morgan fingerprint density at radius 1 is 1.67 bits per heavy atom. The number of carboxylic acids is 1. The molecule has 66 valence electrons. The predicted octanol–water partition coefficient (Wildman–Crippen LogP) is 0.0803. The Balaban J connectivity index is 2.18. The Bertz CT molecular complexity index is 243. The molecule has 2 aliphatic rings. The summed E-state index contributed by atoms with van der Waals surface area (Å²) < 4.78 is 0. The van der Waals surface area contributed by atoms with Crippen LogP contribution in [0.1, 0.15) is 19.8 Å². The minimum atomic E-state index is -0.864. The summed E-state index contributed by atoms with van der Waals surface area (Å²) in [6, 6.07) is -0.343. The van der Waals surface area contributed by atoms with E-state index in [9.17, 15) is 9.59 Å². The fourth-order valence-corrected chi connectivity index (χ4v) is 2.18. The van der Waals surface area contributed by atoms with E-state index in [2.05, 4.69) is 0 Å². The number of nitrogens with zero attached hydrogens (tertiary/aromatic N) is 1. The van der Waals surface area contributed by atoms with Gasteiger partial charge in [-0.1, -0.05) is 6.92 Å². The lowest BCUT2D eigenvalue weighted by molar-refractivity contribution is -0.157. The molecule has 2 heterocycles. The Kier molecular flexibility index (Phi) is 1.40. The average molecular weight is 169 g/mol. The van der Waals surface area contributed by atoms with Crippen molar-refractivity contribution >= 4 is 11.9 Å². The number of carboxylic acid groups (broad SMARTS) is 1. The van der Waals surface area contributed by atoms with Gasteiger partial charge in [-0.15, -0.1) is 0 Å². The van der Waals surface area contributed by atoms with Crippen LogP contribution in [0.2, 0.25) is 0 Å². The molecule has 2 rings (SSSR count). The van der Waals surface area contributed by atoms with Gasteiger partial charge in [0, 0.05) is 12.5 Å². The Morgan fingerprint density at radius 3 is 2.75 bits per heavy atom. The zero-order chi connectivity index (χ0) is 8.88. The quantitative estimate of drug-likeness (QED) is 0.565. The molecule has 12 heavy (non-hydrogen) atoms. The highest BCUT2D eigenvalue weighted by atomic mass is 16.4. The van der Waals surface area contributed by atoms with Gasteiger partial charge in [0.25, 0.3) is 0 Å². The molecule has 0 aromatic heterocycles. The zero-order valence-electron chi connectivity index (χ0n) is 6.86. The molecule has 2 aliphatic heterocycles. The molecule has 0 aromatic rings. The molecule has 3 atom stereocenters. The van der Waals surface area contributed by atoms with Gasteiger partial charge in [0.05, 0.1) is 0 Å². The van der Waals surface area contributed by atoms with Crippen LogP contribution in [0.3, 0.4) is 0 Å². The van der Waals surface area contributed by atoms with Crippen LogP contribution < -0.4 is 0 Å². The summed E-state index contributed by atoms with van der Waals surface area (Å²) in [6.45, 7) is 2.01. The normalized spacial score (nSPS) is 39.2. The van der Waals surface area contributed by atoms with Gasteiger partial charge in [0.2, 0.25) is 5.91 Å². The van der Waals surface area contributed by atoms with E-state index in [1.807, 2.05) is 6.92 Å². The van der Waals surface area contributed by atoms with Gasteiger partial charge in [-0.2, -0.15) is 0 Å². The molecule has 0 bridgehead atoms. The van der Waals surface area contributed by atoms with Crippen molar-refractivity contribution in [2.45, 2.75) is 31.8 Å². The monoisotopic (exact) mass is 169 g/mol. The van der Waals surface area contributed by atoms with Gasteiger partial charge in [-0.25, -0.2) is 4.79 Å². The van der Waals surface area contributed by atoms with E-state index in [0.717, 1.165) is 0 Å². The lowest BCUT2D eigenvalue weighted by atomic mass is 9.94. The summed E-state index contributed by atoms with van der Waals surface area (Å²) in [6.07, 6.45) is 1.16. The van der Waals surface area contributed by atoms with Crippen LogP contribution in [0, 0.1) is 5.92 Å². The number of rotatable bonds is 1. The second-order valence-corrected chi connectivity index (χ2v) is 3.64. The van der Waals surface area contributed by atoms with Gasteiger partial charge >= 0.3 is 5.97 Å². The summed E-state index contributed by atoms with van der Waals surface area (Å²) in [4.78, 5) is 23.2. The van der Waals surface area contributed by atoms with Crippen LogP contribution in [0.15, 0.2) is 0 Å². The number of hydrogen-bond donors (Lipinski definition) is 1. The molecule has 0 aliphatic carbocycles. The number of β-lactam (4-membered cyclic amide) rings is 1. The molecular formula is C8H11NO3. The van der Waals surface area contributed by atoms with Gasteiger partial charge in [-0.05, 0) is 12.3 Å². The molecule has 1 amide bonds. The summed E-state index contributed by atoms with van der Waals surface area (Å²) in [5.41, 5.74) is 0. The van der Waals surface area contributed by atoms with Crippen molar-refractivity contribution in [2.24, 2.45) is 5.92 Å². The van der Waals surface area contributed by atoms with Gasteiger partial charge < -0.3 is 10.0 Å². The van der Waals surface area contributed by atoms with Crippen molar-refractivity contribution in [3.8, 4) is 0 Å². The van der Waals surface area contributed by atoms with Crippen LogP contribution in [-0.4, -0.2) is 34.0 Å². The maximum atomic E-state index is 11.0. The lowest BCUT2D eigenvalue weighted by Gasteiger charge is -2.38. The third-order valence-corrected chi connectivity index (χ3v) is 2.90. The van der Waals surface area contributed by atoms with Gasteiger partial charge in [0.1, 0.15) is 6.04 Å². The number of carbonyl (C=O) groups excluding carboxylic acids is 1. The first-order valence-corrected chi connectivity index (χ1v) is 4.15. The topological polar surface area (TPSA) is 57.6 Å². The van der Waals surface area contributed by atoms with Crippen LogP contribution in [0.5, 0.6) is 0 Å². The molecule has 0 radical (unpaired) electrons. The average Bonchev–Trinajstić information content (AvgIpc) is 2.22. The van der Waals surface area contributed by atoms with E-state index in [0.29, 0.717) is 18.8 Å². The van der Waals surface area contributed by atoms with Crippen LogP contribution in [-0.2, 0) is 9.59 Å². The Labute approximate surface area is 70.2 Å². The molecule has 0 saturated carbocycles. The smallest absolute Gasteiger partial charge is 0.326 e. The van der Waals surface area contributed by atoms with Crippen LogP contribution in [0.4, 0.5) is 0 Å². The maximum absolute atomic E-state index is 11.0. The molecule has 4 heteroatoms. The predicted molar refractivity (Wildman–Crippen MR) is 40.5 cm³/mol. The van der Waals surface area contributed by atoms with Crippen molar-refractivity contribution < 1.29 is 14.7 Å². The highest BCUT2D eigenvalue weighted by Crippen LogP contribution is 2.39. The number of carbonyl (C=O) groups is 2. The van der Waals surface area contributed by atoms with E-state index in [4.69, 9.17) is 5.11 Å². The molecular weight excluding hydrogens is 158 g/mol. The minimum absolute atomic E-state index is 0.00301. The molecule has 2 saturated heterocycles. The second kappa shape index (κ2) is 2.21. The lowest BCUT2D eigenvalue weighted by Crippen LogP contribution is -2.55. The molecule has 0 aromatic carbocycles. The maximum Gasteiger partial charge on any atom is 0.326 e. The number of amides is 1. The fraction of sp³-hybridized carbons (Fsp3) is 0.750. The van der Waals surface area contributed by atoms with E-state index in [-0.39, 0.29) is 11.9 Å². The van der Waals surface area contributed by atoms with Crippen molar-refractivity contribution in [2.75, 3.05) is 0 Å². The van der Waals surface area contributed by atoms with E-state index in [1.54, 1.807) is 0 Å². The second-order valence-electron chi connectivity index (χ2n) is 3.64. The first-order chi connectivity index (χ1) is 5.61. The number of fused-ring (bicyclic) bond motifs is 1. The van der Waals surface area contributed by atoms with Crippen LogP contribution in [0.25, 0.3) is 0 Å². The van der Waals surface area contributed by atoms with Gasteiger partial charge in [-0.3, -0.25) is 4.79 Å². The summed E-state index contributed by atoms with van der Waals surface area (Å²) in [7, 11) is 0. The van der Waals surface area contributed by atoms with E-state index >= 15 is 0 Å². The third kappa shape index (κ3) is 0.777. The van der Waals surface area contributed by atoms with Crippen molar-refractivity contribution in [3.63, 3.8) is 0 Å². The first-order valence-electron chi connectivity index (χ1n) is 4.15. The van der Waals surface area contributed by atoms with Crippen molar-refractivity contribution in [3.05, 3.63) is 0 Å². The van der Waals surface area contributed by atoms with E-state index < -0.39 is 12.0 Å². The summed E-state index contributed by atoms with van der Waals surface area (Å²) >= 11 is 0. The van der Waals surface area contributed by atoms with Crippen LogP contribution >= 0.6 is 0 Å². The van der Waals surface area contributed by atoms with Crippen molar-refractivity contribution in [1.29, 1.82) is 0 Å². The zero-order valence-corrected chi connectivity index (χ0v) is 6.86. The molecule has 1 N–H and O–H groups in total. The largest absolute Gasteiger partial charge is 0.480 e. The fourth-order valence-electron chi connectivity index (χ4n) is 2.18. The highest BCUT2D eigenvalue weighted by molar-refractivity contribution is 5.89. The standard InChI is InChI=1S/C8H11NO3/c1-4-2-6(8(11)12)9-5(4)3-7(9)10/h4-6H,2-3H2,1H3,(H,11,12). The SMILES string of the molecule is CC1CC(C(=O)O)N2C(=O)CC12. The van der Waals surface area contributed by atoms with Gasteiger partial charge in [0.15, 0.2) is 0 Å². The third-order valence-electron chi connectivity index (χ3n) is 2.90. The highest BCUT2D eigenvalue weighted by Gasteiger charge is 2.52. The minimum Gasteiger partial charge on any atom is -0.480 e. The Morgan fingerprint density at radius 2 is 2.33 bits per heavy atom. The first kappa shape index (κ1) is 7.58. The number of hydrogen-bond acceptors (Lipinski definition) is 2. The Hall–Kier alpha value is -1.06. The van der Waals surface area contributed by atoms with E-state index in [1.165, 1.54) is 4.90 Å². The molecule has 3 unspecified atom stereocenters. The summed E-state index contributed by atoms with van der Waals surface area (Å²) in [5, 5.41) is 8.78. The molecule has 0 spiro atoms. The summed E-state index contributed by atoms with van der Waals surface area (Å²) in [5.74, 6) is -0.516.